The fourth-order valence-corrected chi connectivity index (χ4v) is 3.58. The third-order valence-electron chi connectivity index (χ3n) is 3.95. The van der Waals surface area contributed by atoms with E-state index < -0.39 is 11.9 Å². The maximum Gasteiger partial charge on any atom is 0.272 e. The van der Waals surface area contributed by atoms with Gasteiger partial charge in [-0.2, -0.15) is 0 Å². The van der Waals surface area contributed by atoms with Crippen molar-refractivity contribution in [1.82, 2.24) is 9.88 Å². The Morgan fingerprint density at radius 1 is 1.50 bits per heavy atom. The van der Waals surface area contributed by atoms with Crippen LogP contribution < -0.4 is 0 Å². The van der Waals surface area contributed by atoms with Crippen molar-refractivity contribution in [3.63, 3.8) is 0 Å². The minimum Gasteiger partial charge on any atom is -0.387 e. The molecule has 0 radical (unpaired) electrons. The first-order valence-electron chi connectivity index (χ1n) is 7.29. The molecule has 0 spiro atoms. The minimum absolute atomic E-state index is 0.00328. The summed E-state index contributed by atoms with van der Waals surface area (Å²) in [5.41, 5.74) is 0.249. The highest BCUT2D eigenvalue weighted by Gasteiger charge is 2.32. The fraction of sp³-hybridized carbons (Fsp3) is 0.375. The molecule has 1 fully saturated rings. The lowest BCUT2D eigenvalue weighted by Crippen LogP contribution is -2.36. The van der Waals surface area contributed by atoms with E-state index in [4.69, 9.17) is 0 Å². The van der Waals surface area contributed by atoms with Crippen LogP contribution in [0.4, 0.5) is 4.39 Å². The van der Waals surface area contributed by atoms with Gasteiger partial charge in [-0.1, -0.05) is 6.07 Å². The second kappa shape index (κ2) is 6.54. The number of likely N-dealkylation sites (tertiary alicyclic amines) is 1. The van der Waals surface area contributed by atoms with Crippen LogP contribution in [0.1, 0.15) is 40.7 Å². The molecule has 4 nitrogen and oxygen atoms in total. The number of rotatable bonds is 4. The zero-order valence-electron chi connectivity index (χ0n) is 12.0. The van der Waals surface area contributed by atoms with Gasteiger partial charge in [0.05, 0.1) is 12.3 Å². The lowest BCUT2D eigenvalue weighted by atomic mass is 10.1. The predicted molar refractivity (Wildman–Crippen MR) is 82.1 cm³/mol. The topological polar surface area (TPSA) is 53.4 Å². The Bertz CT molecular complexity index is 630. The summed E-state index contributed by atoms with van der Waals surface area (Å²) in [7, 11) is 0. The number of thiophene rings is 1. The summed E-state index contributed by atoms with van der Waals surface area (Å²) >= 11 is 1.51. The van der Waals surface area contributed by atoms with Gasteiger partial charge in [0.2, 0.25) is 0 Å². The summed E-state index contributed by atoms with van der Waals surface area (Å²) < 4.78 is 12.9. The van der Waals surface area contributed by atoms with Gasteiger partial charge in [0.25, 0.3) is 5.91 Å². The van der Waals surface area contributed by atoms with Crippen molar-refractivity contribution < 1.29 is 14.3 Å². The number of aliphatic hydroxyl groups excluding tert-OH is 1. The Balaban J connectivity index is 1.70. The van der Waals surface area contributed by atoms with Crippen LogP contribution in [0.3, 0.4) is 0 Å². The average molecular weight is 320 g/mol. The monoisotopic (exact) mass is 320 g/mol. The minimum atomic E-state index is -0.556. The molecule has 6 heteroatoms. The van der Waals surface area contributed by atoms with E-state index >= 15 is 0 Å². The highest BCUT2D eigenvalue weighted by Crippen LogP contribution is 2.30. The number of amides is 1. The Hall–Kier alpha value is -1.79. The molecule has 0 unspecified atom stereocenters. The molecule has 3 heterocycles. The molecule has 116 valence electrons. The first kappa shape index (κ1) is 15.1. The van der Waals surface area contributed by atoms with Gasteiger partial charge in [0, 0.05) is 17.5 Å². The summed E-state index contributed by atoms with van der Waals surface area (Å²) in [4.78, 5) is 19.0. The number of aromatic nitrogens is 1. The summed E-state index contributed by atoms with van der Waals surface area (Å²) in [6, 6.07) is 6.45. The molecule has 1 amide bonds. The quantitative estimate of drug-likeness (QED) is 0.942. The lowest BCUT2D eigenvalue weighted by molar-refractivity contribution is 0.0664. The molecule has 2 aromatic rings. The smallest absolute Gasteiger partial charge is 0.272 e. The molecule has 22 heavy (non-hydrogen) atoms. The number of pyridine rings is 1. The number of halogens is 1. The molecule has 2 atom stereocenters. The van der Waals surface area contributed by atoms with E-state index in [-0.39, 0.29) is 17.6 Å². The second-order valence-electron chi connectivity index (χ2n) is 5.42. The molecule has 1 saturated heterocycles. The third kappa shape index (κ3) is 3.18. The predicted octanol–water partition coefficient (Wildman–Crippen LogP) is 3.01. The maximum absolute atomic E-state index is 12.9. The molecular weight excluding hydrogens is 303 g/mol. The van der Waals surface area contributed by atoms with Crippen molar-refractivity contribution in [2.24, 2.45) is 0 Å². The molecule has 2 aromatic heterocycles. The second-order valence-corrected chi connectivity index (χ2v) is 6.40. The van der Waals surface area contributed by atoms with Crippen LogP contribution in [0.2, 0.25) is 0 Å². The van der Waals surface area contributed by atoms with Crippen LogP contribution in [-0.2, 0) is 0 Å². The van der Waals surface area contributed by atoms with Crippen molar-refractivity contribution >= 4 is 17.2 Å². The van der Waals surface area contributed by atoms with E-state index in [1.165, 1.54) is 23.5 Å². The van der Waals surface area contributed by atoms with Crippen LogP contribution in [-0.4, -0.2) is 33.5 Å². The zero-order valence-corrected chi connectivity index (χ0v) is 12.8. The van der Waals surface area contributed by atoms with Gasteiger partial charge in [-0.05, 0) is 42.8 Å². The van der Waals surface area contributed by atoms with Gasteiger partial charge in [-0.25, -0.2) is 9.37 Å². The lowest BCUT2D eigenvalue weighted by Gasteiger charge is -2.26. The van der Waals surface area contributed by atoms with Crippen LogP contribution in [0.5, 0.6) is 0 Å². The van der Waals surface area contributed by atoms with Gasteiger partial charge in [0.15, 0.2) is 0 Å². The Morgan fingerprint density at radius 3 is 3.05 bits per heavy atom. The Labute approximate surface area is 132 Å². The average Bonchev–Trinajstić information content (AvgIpc) is 3.18. The summed E-state index contributed by atoms with van der Waals surface area (Å²) in [6.45, 7) is 0.652. The number of aliphatic hydroxyl groups is 1. The zero-order chi connectivity index (χ0) is 15.5. The summed E-state index contributed by atoms with van der Waals surface area (Å²) in [6.07, 6.45) is 2.80. The number of nitrogens with zero attached hydrogens (tertiary/aromatic N) is 2. The van der Waals surface area contributed by atoms with Gasteiger partial charge in [-0.3, -0.25) is 4.79 Å². The first-order valence-corrected chi connectivity index (χ1v) is 8.17. The number of hydrogen-bond donors (Lipinski definition) is 1. The Morgan fingerprint density at radius 2 is 2.36 bits per heavy atom. The molecular formula is C16H17FN2O2S. The summed E-state index contributed by atoms with van der Waals surface area (Å²) in [5, 5.41) is 12.2. The van der Waals surface area contributed by atoms with Crippen LogP contribution in [0, 0.1) is 5.82 Å². The maximum atomic E-state index is 12.9. The van der Waals surface area contributed by atoms with Crippen LogP contribution >= 0.6 is 11.3 Å². The first-order chi connectivity index (χ1) is 10.6. The van der Waals surface area contributed by atoms with E-state index in [0.29, 0.717) is 13.0 Å². The summed E-state index contributed by atoms with van der Waals surface area (Å²) in [5.74, 6) is -0.650. The molecule has 0 bridgehead atoms. The van der Waals surface area contributed by atoms with Crippen LogP contribution in [0.25, 0.3) is 0 Å². The van der Waals surface area contributed by atoms with E-state index in [1.807, 2.05) is 17.5 Å². The highest BCUT2D eigenvalue weighted by atomic mass is 32.1. The molecule has 1 aliphatic rings. The number of hydrogen-bond acceptors (Lipinski definition) is 4. The van der Waals surface area contributed by atoms with Crippen molar-refractivity contribution in [2.45, 2.75) is 31.4 Å². The largest absolute Gasteiger partial charge is 0.387 e. The van der Waals surface area contributed by atoms with Crippen molar-refractivity contribution in [1.29, 1.82) is 0 Å². The van der Waals surface area contributed by atoms with E-state index in [0.717, 1.165) is 23.9 Å². The molecule has 3 rings (SSSR count). The van der Waals surface area contributed by atoms with E-state index in [9.17, 15) is 14.3 Å². The van der Waals surface area contributed by atoms with E-state index in [1.54, 1.807) is 4.90 Å². The molecule has 0 aromatic carbocycles. The van der Waals surface area contributed by atoms with Gasteiger partial charge in [-0.15, -0.1) is 11.3 Å². The van der Waals surface area contributed by atoms with Gasteiger partial charge in [0.1, 0.15) is 11.5 Å². The Kier molecular flexibility index (Phi) is 4.49. The van der Waals surface area contributed by atoms with Crippen molar-refractivity contribution in [3.05, 3.63) is 52.2 Å². The standard InChI is InChI=1S/C16H17FN2O2S/c17-11-5-6-13(18-10-11)16(21)19-7-1-3-12(19)9-14(20)15-4-2-8-22-15/h2,4-6,8,10,12,14,20H,1,3,7,9H2/t12-,14-/m0/s1. The molecule has 1 N–H and O–H groups in total. The highest BCUT2D eigenvalue weighted by molar-refractivity contribution is 7.10. The van der Waals surface area contributed by atoms with E-state index in [2.05, 4.69) is 4.98 Å². The van der Waals surface area contributed by atoms with Crippen LogP contribution in [0.15, 0.2) is 35.8 Å². The number of carbonyl (C=O) groups excluding carboxylic acids is 1. The van der Waals surface area contributed by atoms with Gasteiger partial charge >= 0.3 is 0 Å². The fourth-order valence-electron chi connectivity index (χ4n) is 2.85. The molecule has 1 aliphatic heterocycles. The molecule has 0 saturated carbocycles. The normalized spacial score (nSPS) is 19.4. The SMILES string of the molecule is O=C(c1ccc(F)cn1)N1CCC[C@H]1C[C@H](O)c1cccs1. The number of carbonyl (C=O) groups is 1. The molecule has 0 aliphatic carbocycles. The third-order valence-corrected chi connectivity index (χ3v) is 4.92. The van der Waals surface area contributed by atoms with Gasteiger partial charge < -0.3 is 10.0 Å². The van der Waals surface area contributed by atoms with Crippen molar-refractivity contribution in [3.8, 4) is 0 Å². The van der Waals surface area contributed by atoms with Crippen molar-refractivity contribution in [2.75, 3.05) is 6.54 Å².